The van der Waals surface area contributed by atoms with Gasteiger partial charge in [0.1, 0.15) is 24.4 Å². The van der Waals surface area contributed by atoms with Crippen LogP contribution >= 0.6 is 0 Å². The van der Waals surface area contributed by atoms with E-state index in [0.29, 0.717) is 26.4 Å². The Kier molecular flexibility index (Phi) is 11.9. The summed E-state index contributed by atoms with van der Waals surface area (Å²) in [6.07, 6.45) is 1.59. The average Bonchev–Trinajstić information content (AvgIpc) is 3.02. The van der Waals surface area contributed by atoms with Gasteiger partial charge in [0.15, 0.2) is 0 Å². The number of hydrogen-bond acceptors (Lipinski definition) is 4. The van der Waals surface area contributed by atoms with Crippen molar-refractivity contribution in [3.8, 4) is 0 Å². The van der Waals surface area contributed by atoms with Gasteiger partial charge >= 0.3 is 0 Å². The molecule has 0 aromatic heterocycles. The molecule has 0 unspecified atom stereocenters. The molecule has 0 radical (unpaired) electrons. The number of benzene rings is 4. The number of hydrogen-bond donors (Lipinski definition) is 0. The van der Waals surface area contributed by atoms with E-state index in [9.17, 15) is 0 Å². The minimum absolute atomic E-state index is 0.387. The smallest absolute Gasteiger partial charge is 0.117 e. The maximum atomic E-state index is 6.61. The lowest BCUT2D eigenvalue weighted by molar-refractivity contribution is -0.172. The zero-order valence-corrected chi connectivity index (χ0v) is 22.9. The average molecular weight is 535 g/mol. The van der Waals surface area contributed by atoms with Crippen molar-refractivity contribution < 1.29 is 18.9 Å². The molecule has 4 rings (SSSR count). The molecule has 0 aliphatic heterocycles. The Morgan fingerprint density at radius 3 is 0.900 bits per heavy atom. The fourth-order valence-electron chi connectivity index (χ4n) is 4.41. The monoisotopic (exact) mass is 534 g/mol. The highest BCUT2D eigenvalue weighted by Crippen LogP contribution is 2.24. The molecule has 4 atom stereocenters. The van der Waals surface area contributed by atoms with Gasteiger partial charge in [-0.1, -0.05) is 133 Å². The molecule has 0 N–H and O–H groups in total. The van der Waals surface area contributed by atoms with E-state index in [1.807, 2.05) is 121 Å². The van der Waals surface area contributed by atoms with E-state index in [2.05, 4.69) is 13.2 Å². The lowest BCUT2D eigenvalue weighted by atomic mass is 10.0. The number of rotatable bonds is 17. The van der Waals surface area contributed by atoms with E-state index in [1.165, 1.54) is 0 Å². The van der Waals surface area contributed by atoms with Crippen LogP contribution in [0.5, 0.6) is 0 Å². The summed E-state index contributed by atoms with van der Waals surface area (Å²) in [6.45, 7) is 9.81. The first-order chi connectivity index (χ1) is 19.8. The summed E-state index contributed by atoms with van der Waals surface area (Å²) in [5.41, 5.74) is 4.25. The standard InChI is InChI=1S/C36H38O4/c1-3-33(37-25-29-17-9-5-10-18-29)35(39-27-31-21-13-7-14-22-31)36(40-28-32-23-15-8-16-24-32)34(4-2)38-26-30-19-11-6-12-20-30/h3-24,33-36H,1-2,25-28H2/t33-,34-,35+,36+/m0/s1. The molecule has 0 bridgehead atoms. The van der Waals surface area contributed by atoms with E-state index in [1.54, 1.807) is 12.2 Å². The largest absolute Gasteiger partial charge is 0.368 e. The van der Waals surface area contributed by atoms with Gasteiger partial charge in [-0.05, 0) is 22.3 Å². The lowest BCUT2D eigenvalue weighted by Gasteiger charge is -2.36. The van der Waals surface area contributed by atoms with Gasteiger partial charge in [-0.2, -0.15) is 0 Å². The summed E-state index contributed by atoms with van der Waals surface area (Å²) in [6, 6.07) is 40.3. The van der Waals surface area contributed by atoms with Crippen molar-refractivity contribution in [1.82, 2.24) is 0 Å². The van der Waals surface area contributed by atoms with Crippen LogP contribution in [0, 0.1) is 0 Å². The zero-order valence-electron chi connectivity index (χ0n) is 22.9. The zero-order chi connectivity index (χ0) is 27.8. The third-order valence-electron chi connectivity index (χ3n) is 6.58. The maximum absolute atomic E-state index is 6.61. The van der Waals surface area contributed by atoms with E-state index in [-0.39, 0.29) is 0 Å². The van der Waals surface area contributed by atoms with Gasteiger partial charge in [0.25, 0.3) is 0 Å². The van der Waals surface area contributed by atoms with Crippen LogP contribution in [0.4, 0.5) is 0 Å². The van der Waals surface area contributed by atoms with Gasteiger partial charge in [-0.15, -0.1) is 13.2 Å². The first kappa shape index (κ1) is 29.2. The van der Waals surface area contributed by atoms with Crippen LogP contribution in [0.25, 0.3) is 0 Å². The molecule has 206 valence electrons. The van der Waals surface area contributed by atoms with E-state index in [0.717, 1.165) is 22.3 Å². The van der Waals surface area contributed by atoms with Crippen LogP contribution in [0.1, 0.15) is 22.3 Å². The molecule has 0 saturated carbocycles. The lowest BCUT2D eigenvalue weighted by Crippen LogP contribution is -2.48. The Balaban J connectivity index is 1.60. The molecule has 4 nitrogen and oxygen atoms in total. The highest BCUT2D eigenvalue weighted by atomic mass is 16.6. The van der Waals surface area contributed by atoms with Crippen molar-refractivity contribution in [2.45, 2.75) is 50.8 Å². The quantitative estimate of drug-likeness (QED) is 0.130. The molecule has 40 heavy (non-hydrogen) atoms. The SMILES string of the molecule is C=C[C@H](OCc1ccccc1)[C@@H](OCc1ccccc1)[C@H](OCc1ccccc1)[C@H](C=C)OCc1ccccc1. The van der Waals surface area contributed by atoms with E-state index >= 15 is 0 Å². The predicted octanol–water partition coefficient (Wildman–Crippen LogP) is 7.70. The Morgan fingerprint density at radius 1 is 0.400 bits per heavy atom. The summed E-state index contributed by atoms with van der Waals surface area (Å²) in [4.78, 5) is 0. The molecular weight excluding hydrogens is 496 g/mol. The molecule has 0 saturated heterocycles. The van der Waals surface area contributed by atoms with Crippen LogP contribution in [0.2, 0.25) is 0 Å². The van der Waals surface area contributed by atoms with Gasteiger partial charge in [0, 0.05) is 0 Å². The minimum atomic E-state index is -0.524. The molecule has 0 spiro atoms. The summed E-state index contributed by atoms with van der Waals surface area (Å²) in [5.74, 6) is 0. The Labute approximate surface area is 238 Å². The van der Waals surface area contributed by atoms with Crippen LogP contribution in [-0.2, 0) is 45.4 Å². The molecule has 4 aromatic rings. The van der Waals surface area contributed by atoms with Gasteiger partial charge in [0.05, 0.1) is 26.4 Å². The molecular formula is C36H38O4. The highest BCUT2D eigenvalue weighted by molar-refractivity contribution is 5.17. The molecule has 0 heterocycles. The van der Waals surface area contributed by atoms with E-state index in [4.69, 9.17) is 18.9 Å². The Hall–Kier alpha value is -3.80. The summed E-state index contributed by atoms with van der Waals surface area (Å²) >= 11 is 0. The van der Waals surface area contributed by atoms with E-state index < -0.39 is 24.4 Å². The highest BCUT2D eigenvalue weighted by Gasteiger charge is 2.36. The summed E-state index contributed by atoms with van der Waals surface area (Å²) < 4.78 is 26.0. The van der Waals surface area contributed by atoms with Crippen molar-refractivity contribution in [2.24, 2.45) is 0 Å². The Bertz CT molecular complexity index is 1140. The molecule has 0 fully saturated rings. The van der Waals surface area contributed by atoms with Crippen molar-refractivity contribution in [1.29, 1.82) is 0 Å². The van der Waals surface area contributed by atoms with Gasteiger partial charge in [-0.3, -0.25) is 0 Å². The maximum Gasteiger partial charge on any atom is 0.117 e. The van der Waals surface area contributed by atoms with Crippen LogP contribution in [-0.4, -0.2) is 24.4 Å². The van der Waals surface area contributed by atoms with Crippen LogP contribution < -0.4 is 0 Å². The third kappa shape index (κ3) is 9.15. The topological polar surface area (TPSA) is 36.9 Å². The minimum Gasteiger partial charge on any atom is -0.368 e. The van der Waals surface area contributed by atoms with Gasteiger partial charge in [0.2, 0.25) is 0 Å². The van der Waals surface area contributed by atoms with Gasteiger partial charge in [-0.25, -0.2) is 0 Å². The molecule has 0 aliphatic rings. The van der Waals surface area contributed by atoms with Crippen LogP contribution in [0.3, 0.4) is 0 Å². The second kappa shape index (κ2) is 16.3. The third-order valence-corrected chi connectivity index (χ3v) is 6.58. The first-order valence-corrected chi connectivity index (χ1v) is 13.6. The fraction of sp³-hybridized carbons (Fsp3) is 0.222. The Morgan fingerprint density at radius 2 is 0.650 bits per heavy atom. The van der Waals surface area contributed by atoms with Crippen molar-refractivity contribution in [3.63, 3.8) is 0 Å². The molecule has 4 aromatic carbocycles. The second-order valence-corrected chi connectivity index (χ2v) is 9.52. The second-order valence-electron chi connectivity index (χ2n) is 9.52. The summed E-state index contributed by atoms with van der Waals surface area (Å²) in [7, 11) is 0. The summed E-state index contributed by atoms with van der Waals surface area (Å²) in [5, 5.41) is 0. The van der Waals surface area contributed by atoms with Crippen LogP contribution in [0.15, 0.2) is 147 Å². The number of ether oxygens (including phenoxy) is 4. The fourth-order valence-corrected chi connectivity index (χ4v) is 4.41. The normalized spacial score (nSPS) is 14.1. The van der Waals surface area contributed by atoms with Crippen molar-refractivity contribution in [2.75, 3.05) is 0 Å². The first-order valence-electron chi connectivity index (χ1n) is 13.6. The molecule has 0 amide bonds. The predicted molar refractivity (Wildman–Crippen MR) is 160 cm³/mol. The van der Waals surface area contributed by atoms with Crippen molar-refractivity contribution in [3.05, 3.63) is 169 Å². The molecule has 0 aliphatic carbocycles. The van der Waals surface area contributed by atoms with Crippen molar-refractivity contribution >= 4 is 0 Å². The molecule has 4 heteroatoms. The van der Waals surface area contributed by atoms with Gasteiger partial charge < -0.3 is 18.9 Å².